The fraction of sp³-hybridized carbons (Fsp3) is 0.0435. The molecule has 0 aliphatic heterocycles. The van der Waals surface area contributed by atoms with Gasteiger partial charge in [-0.3, -0.25) is 4.99 Å². The van der Waals surface area contributed by atoms with Crippen LogP contribution in [0.2, 0.25) is 5.02 Å². The Hall–Kier alpha value is -3.38. The maximum atomic E-state index is 12.7. The molecule has 0 radical (unpaired) electrons. The van der Waals surface area contributed by atoms with Crippen molar-refractivity contribution in [2.45, 2.75) is 6.18 Å². The second-order valence-electron chi connectivity index (χ2n) is 6.18. The number of carbonyl (C=O) groups is 1. The molecule has 30 heavy (non-hydrogen) atoms. The molecule has 3 nitrogen and oxygen atoms in total. The van der Waals surface area contributed by atoms with Crippen LogP contribution in [0.4, 0.5) is 18.9 Å². The van der Waals surface area contributed by atoms with Crippen molar-refractivity contribution in [2.75, 3.05) is 0 Å². The van der Waals surface area contributed by atoms with E-state index in [2.05, 4.69) is 4.99 Å². The molecule has 0 unspecified atom stereocenters. The summed E-state index contributed by atoms with van der Waals surface area (Å²) in [5.41, 5.74) is 0.875. The molecule has 0 N–H and O–H groups in total. The van der Waals surface area contributed by atoms with Gasteiger partial charge in [-0.05, 0) is 71.8 Å². The van der Waals surface area contributed by atoms with Crippen LogP contribution in [0.25, 0.3) is 6.08 Å². The average molecular weight is 430 g/mol. The third-order valence-corrected chi connectivity index (χ3v) is 4.17. The number of ether oxygens (including phenoxy) is 1. The molecule has 0 amide bonds. The Balaban J connectivity index is 1.60. The highest BCUT2D eigenvalue weighted by molar-refractivity contribution is 6.30. The highest BCUT2D eigenvalue weighted by atomic mass is 35.5. The van der Waals surface area contributed by atoms with Gasteiger partial charge in [0, 0.05) is 17.3 Å². The van der Waals surface area contributed by atoms with Gasteiger partial charge < -0.3 is 4.74 Å². The van der Waals surface area contributed by atoms with Gasteiger partial charge in [0.05, 0.1) is 11.3 Å². The first-order valence-electron chi connectivity index (χ1n) is 8.76. The van der Waals surface area contributed by atoms with E-state index in [0.717, 1.165) is 17.7 Å². The summed E-state index contributed by atoms with van der Waals surface area (Å²) in [4.78, 5) is 16.0. The van der Waals surface area contributed by atoms with Gasteiger partial charge in [0.25, 0.3) is 0 Å². The molecule has 0 aliphatic carbocycles. The number of esters is 1. The number of hydrogen-bond acceptors (Lipinski definition) is 3. The van der Waals surface area contributed by atoms with Crippen molar-refractivity contribution in [3.63, 3.8) is 0 Å². The third kappa shape index (κ3) is 6.32. The molecule has 0 fully saturated rings. The van der Waals surface area contributed by atoms with E-state index >= 15 is 0 Å². The minimum Gasteiger partial charge on any atom is -0.423 e. The van der Waals surface area contributed by atoms with E-state index in [1.807, 2.05) is 0 Å². The Morgan fingerprint density at radius 1 is 0.933 bits per heavy atom. The number of benzene rings is 3. The first-order valence-corrected chi connectivity index (χ1v) is 9.14. The van der Waals surface area contributed by atoms with Crippen molar-refractivity contribution in [3.8, 4) is 5.75 Å². The van der Waals surface area contributed by atoms with E-state index in [1.54, 1.807) is 54.6 Å². The number of hydrogen-bond donors (Lipinski definition) is 0. The van der Waals surface area contributed by atoms with Gasteiger partial charge >= 0.3 is 12.1 Å². The highest BCUT2D eigenvalue weighted by Crippen LogP contribution is 2.31. The molecule has 0 saturated carbocycles. The predicted molar refractivity (Wildman–Crippen MR) is 111 cm³/mol. The summed E-state index contributed by atoms with van der Waals surface area (Å²) >= 11 is 5.81. The van der Waals surface area contributed by atoms with E-state index in [-0.39, 0.29) is 5.69 Å². The second kappa shape index (κ2) is 9.41. The van der Waals surface area contributed by atoms with Crippen LogP contribution in [0.1, 0.15) is 16.7 Å². The smallest absolute Gasteiger partial charge is 0.416 e. The zero-order valence-electron chi connectivity index (χ0n) is 15.4. The zero-order chi connectivity index (χ0) is 21.6. The van der Waals surface area contributed by atoms with Crippen molar-refractivity contribution in [1.29, 1.82) is 0 Å². The molecular formula is C23H15ClF3NO2. The Morgan fingerprint density at radius 3 is 2.27 bits per heavy atom. The molecule has 3 aromatic carbocycles. The number of alkyl halides is 3. The first-order chi connectivity index (χ1) is 14.3. The van der Waals surface area contributed by atoms with Gasteiger partial charge in [-0.25, -0.2) is 4.79 Å². The van der Waals surface area contributed by atoms with Crippen molar-refractivity contribution < 1.29 is 22.7 Å². The number of carbonyl (C=O) groups excluding carboxylic acids is 1. The third-order valence-electron chi connectivity index (χ3n) is 3.92. The maximum absolute atomic E-state index is 12.7. The van der Waals surface area contributed by atoms with Crippen LogP contribution in [0, 0.1) is 0 Å². The summed E-state index contributed by atoms with van der Waals surface area (Å²) in [6, 6.07) is 18.1. The fourth-order valence-electron chi connectivity index (χ4n) is 2.42. The van der Waals surface area contributed by atoms with Crippen LogP contribution in [0.3, 0.4) is 0 Å². The summed E-state index contributed by atoms with van der Waals surface area (Å²) in [6.07, 6.45) is -0.0818. The summed E-state index contributed by atoms with van der Waals surface area (Å²) in [5.74, 6) is -0.215. The topological polar surface area (TPSA) is 38.7 Å². The second-order valence-corrected chi connectivity index (χ2v) is 6.62. The Morgan fingerprint density at radius 2 is 1.60 bits per heavy atom. The van der Waals surface area contributed by atoms with Crippen LogP contribution in [0.15, 0.2) is 83.9 Å². The molecule has 0 saturated heterocycles. The van der Waals surface area contributed by atoms with Gasteiger partial charge in [0.15, 0.2) is 0 Å². The molecule has 0 aliphatic rings. The van der Waals surface area contributed by atoms with E-state index in [4.69, 9.17) is 16.3 Å². The normalized spacial score (nSPS) is 11.9. The maximum Gasteiger partial charge on any atom is 0.416 e. The molecule has 0 atom stereocenters. The Bertz CT molecular complexity index is 1070. The number of aliphatic imine (C=N–C) groups is 1. The molecule has 0 aromatic heterocycles. The number of rotatable bonds is 5. The molecule has 0 bridgehead atoms. The van der Waals surface area contributed by atoms with Crippen molar-refractivity contribution in [1.82, 2.24) is 0 Å². The average Bonchev–Trinajstić information content (AvgIpc) is 2.72. The zero-order valence-corrected chi connectivity index (χ0v) is 16.2. The number of nitrogens with zero attached hydrogens (tertiary/aromatic N) is 1. The lowest BCUT2D eigenvalue weighted by molar-refractivity contribution is -0.137. The molecular weight excluding hydrogens is 415 g/mol. The van der Waals surface area contributed by atoms with Crippen LogP contribution in [0.5, 0.6) is 5.75 Å². The molecule has 0 heterocycles. The summed E-state index contributed by atoms with van der Waals surface area (Å²) in [7, 11) is 0. The Kier molecular flexibility index (Phi) is 6.69. The van der Waals surface area contributed by atoms with Gasteiger partial charge in [0.2, 0.25) is 0 Å². The van der Waals surface area contributed by atoms with E-state index in [0.29, 0.717) is 16.3 Å². The van der Waals surface area contributed by atoms with Crippen LogP contribution in [-0.4, -0.2) is 12.2 Å². The SMILES string of the molecule is O=C(/C=C/c1ccc(Cl)cc1)Oc1ccc(C=Nc2cccc(C(F)(F)F)c2)cc1. The van der Waals surface area contributed by atoms with Crippen molar-refractivity contribution >= 4 is 35.5 Å². The lowest BCUT2D eigenvalue weighted by atomic mass is 10.2. The van der Waals surface area contributed by atoms with E-state index in [9.17, 15) is 18.0 Å². The lowest BCUT2D eigenvalue weighted by Crippen LogP contribution is -2.03. The molecule has 0 spiro atoms. The lowest BCUT2D eigenvalue weighted by Gasteiger charge is -2.06. The van der Waals surface area contributed by atoms with Crippen molar-refractivity contribution in [3.05, 3.63) is 101 Å². The van der Waals surface area contributed by atoms with Crippen LogP contribution < -0.4 is 4.74 Å². The van der Waals surface area contributed by atoms with Gasteiger partial charge in [-0.1, -0.05) is 29.8 Å². The first kappa shape index (κ1) is 21.3. The molecule has 152 valence electrons. The summed E-state index contributed by atoms with van der Waals surface area (Å²) in [6.45, 7) is 0. The van der Waals surface area contributed by atoms with Gasteiger partial charge in [-0.2, -0.15) is 13.2 Å². The molecule has 3 rings (SSSR count). The van der Waals surface area contributed by atoms with Crippen LogP contribution >= 0.6 is 11.6 Å². The fourth-order valence-corrected chi connectivity index (χ4v) is 2.55. The van der Waals surface area contributed by atoms with Gasteiger partial charge in [-0.15, -0.1) is 0 Å². The monoisotopic (exact) mass is 429 g/mol. The van der Waals surface area contributed by atoms with E-state index < -0.39 is 17.7 Å². The molecule has 3 aromatic rings. The standard InChI is InChI=1S/C23H15ClF3NO2/c24-19-9-4-16(5-10-19)8-13-22(29)30-21-11-6-17(7-12-21)15-28-20-3-1-2-18(14-20)23(25,26)27/h1-15H/b13-8+,28-15?. The largest absolute Gasteiger partial charge is 0.423 e. The minimum atomic E-state index is -4.42. The quantitative estimate of drug-likeness (QED) is 0.195. The number of halogens is 4. The van der Waals surface area contributed by atoms with E-state index in [1.165, 1.54) is 24.4 Å². The highest BCUT2D eigenvalue weighted by Gasteiger charge is 2.30. The van der Waals surface area contributed by atoms with Gasteiger partial charge in [0.1, 0.15) is 5.75 Å². The molecule has 7 heteroatoms. The van der Waals surface area contributed by atoms with Crippen molar-refractivity contribution in [2.24, 2.45) is 4.99 Å². The predicted octanol–water partition coefficient (Wildman–Crippen LogP) is 6.73. The Labute approximate surface area is 176 Å². The summed E-state index contributed by atoms with van der Waals surface area (Å²) < 4.78 is 43.4. The minimum absolute atomic E-state index is 0.188. The summed E-state index contributed by atoms with van der Waals surface area (Å²) in [5, 5.41) is 0.603. The van der Waals surface area contributed by atoms with Crippen LogP contribution in [-0.2, 0) is 11.0 Å².